The van der Waals surface area contributed by atoms with Crippen LogP contribution in [0.2, 0.25) is 0 Å². The second kappa shape index (κ2) is 4.45. The molecule has 0 amide bonds. The van der Waals surface area contributed by atoms with Crippen molar-refractivity contribution in [2.75, 3.05) is 0 Å². The largest absolute Gasteiger partial charge is 0.386 e. The maximum Gasteiger partial charge on any atom is 0.0996 e. The van der Waals surface area contributed by atoms with E-state index in [0.29, 0.717) is 12.1 Å². The van der Waals surface area contributed by atoms with Crippen molar-refractivity contribution in [1.29, 1.82) is 0 Å². The van der Waals surface area contributed by atoms with Gasteiger partial charge in [-0.3, -0.25) is 4.98 Å². The van der Waals surface area contributed by atoms with Gasteiger partial charge in [0.15, 0.2) is 0 Å². The number of hydrogen-bond donors (Lipinski definition) is 1. The second-order valence-electron chi connectivity index (χ2n) is 4.11. The Morgan fingerprint density at radius 2 is 2.06 bits per heavy atom. The lowest BCUT2D eigenvalue weighted by Crippen LogP contribution is -2.00. The topological polar surface area (TPSA) is 33.1 Å². The number of benzene rings is 1. The molecular weight excluding hydrogens is 198 g/mol. The van der Waals surface area contributed by atoms with Crippen LogP contribution in [0.1, 0.15) is 25.1 Å². The molecule has 1 N–H and O–H groups in total. The van der Waals surface area contributed by atoms with E-state index in [1.807, 2.05) is 43.3 Å². The molecule has 1 heterocycles. The Morgan fingerprint density at radius 3 is 2.81 bits per heavy atom. The van der Waals surface area contributed by atoms with Gasteiger partial charge in [-0.15, -0.1) is 6.58 Å². The summed E-state index contributed by atoms with van der Waals surface area (Å²) >= 11 is 0. The van der Waals surface area contributed by atoms with Crippen molar-refractivity contribution in [3.63, 3.8) is 0 Å². The van der Waals surface area contributed by atoms with Gasteiger partial charge in [-0.05, 0) is 25.5 Å². The van der Waals surface area contributed by atoms with Gasteiger partial charge in [-0.25, -0.2) is 0 Å². The summed E-state index contributed by atoms with van der Waals surface area (Å²) in [5, 5.41) is 11.0. The van der Waals surface area contributed by atoms with E-state index in [9.17, 15) is 5.11 Å². The van der Waals surface area contributed by atoms with Crippen molar-refractivity contribution in [2.24, 2.45) is 0 Å². The second-order valence-corrected chi connectivity index (χ2v) is 4.11. The Hall–Kier alpha value is -1.67. The van der Waals surface area contributed by atoms with Crippen LogP contribution in [0.25, 0.3) is 10.9 Å². The normalized spacial score (nSPS) is 12.6. The van der Waals surface area contributed by atoms with Gasteiger partial charge in [0.05, 0.1) is 17.3 Å². The standard InChI is InChI=1S/C14H15NO/c1-10(2)9-14(16)13-8-7-11-5-3-4-6-12(11)15-13/h3-8,14,16H,1,9H2,2H3. The zero-order valence-corrected chi connectivity index (χ0v) is 9.35. The van der Waals surface area contributed by atoms with Crippen LogP contribution < -0.4 is 0 Å². The molecule has 16 heavy (non-hydrogen) atoms. The Morgan fingerprint density at radius 1 is 1.31 bits per heavy atom. The summed E-state index contributed by atoms with van der Waals surface area (Å²) in [7, 11) is 0. The zero-order chi connectivity index (χ0) is 11.5. The van der Waals surface area contributed by atoms with Gasteiger partial charge < -0.3 is 5.11 Å². The Kier molecular flexibility index (Phi) is 3.02. The summed E-state index contributed by atoms with van der Waals surface area (Å²) in [4.78, 5) is 4.44. The molecule has 0 aliphatic rings. The molecule has 1 aromatic heterocycles. The molecule has 1 aromatic carbocycles. The van der Waals surface area contributed by atoms with E-state index in [0.717, 1.165) is 16.5 Å². The van der Waals surface area contributed by atoms with Gasteiger partial charge in [-0.2, -0.15) is 0 Å². The number of aromatic nitrogens is 1. The van der Waals surface area contributed by atoms with Crippen molar-refractivity contribution in [2.45, 2.75) is 19.4 Å². The average molecular weight is 213 g/mol. The van der Waals surface area contributed by atoms with Crippen molar-refractivity contribution in [1.82, 2.24) is 4.98 Å². The van der Waals surface area contributed by atoms with E-state index in [1.54, 1.807) is 0 Å². The maximum absolute atomic E-state index is 9.93. The molecule has 0 aliphatic heterocycles. The number of aliphatic hydroxyl groups is 1. The number of pyridine rings is 1. The Balaban J connectivity index is 2.35. The first kappa shape index (κ1) is 10.8. The van der Waals surface area contributed by atoms with Crippen LogP contribution in [0.4, 0.5) is 0 Å². The molecule has 0 radical (unpaired) electrons. The fraction of sp³-hybridized carbons (Fsp3) is 0.214. The minimum atomic E-state index is -0.554. The van der Waals surface area contributed by atoms with Crippen LogP contribution in [0, 0.1) is 0 Å². The van der Waals surface area contributed by atoms with E-state index < -0.39 is 6.10 Å². The molecule has 82 valence electrons. The predicted octanol–water partition coefficient (Wildman–Crippen LogP) is 3.23. The molecule has 2 rings (SSSR count). The molecule has 2 aromatic rings. The number of rotatable bonds is 3. The van der Waals surface area contributed by atoms with Gasteiger partial charge >= 0.3 is 0 Å². The summed E-state index contributed by atoms with van der Waals surface area (Å²) in [6.07, 6.45) is 0.00725. The number of fused-ring (bicyclic) bond motifs is 1. The number of hydrogen-bond acceptors (Lipinski definition) is 2. The fourth-order valence-corrected chi connectivity index (χ4v) is 1.70. The Bertz CT molecular complexity index is 519. The van der Waals surface area contributed by atoms with Gasteiger partial charge in [0, 0.05) is 5.39 Å². The monoisotopic (exact) mass is 213 g/mol. The molecule has 2 heteroatoms. The first-order valence-electron chi connectivity index (χ1n) is 5.35. The molecule has 1 atom stereocenters. The third-order valence-corrected chi connectivity index (χ3v) is 2.50. The summed E-state index contributed by atoms with van der Waals surface area (Å²) in [5.41, 5.74) is 2.59. The van der Waals surface area contributed by atoms with E-state index in [2.05, 4.69) is 11.6 Å². The van der Waals surface area contributed by atoms with Gasteiger partial charge in [-0.1, -0.05) is 29.8 Å². The highest BCUT2D eigenvalue weighted by molar-refractivity contribution is 5.78. The summed E-state index contributed by atoms with van der Waals surface area (Å²) in [5.74, 6) is 0. The van der Waals surface area contributed by atoms with E-state index in [-0.39, 0.29) is 0 Å². The quantitative estimate of drug-likeness (QED) is 0.794. The molecule has 0 bridgehead atoms. The van der Waals surface area contributed by atoms with E-state index in [1.165, 1.54) is 0 Å². The van der Waals surface area contributed by atoms with Crippen molar-refractivity contribution in [3.05, 3.63) is 54.2 Å². The van der Waals surface area contributed by atoms with Gasteiger partial charge in [0.2, 0.25) is 0 Å². The van der Waals surface area contributed by atoms with Crippen LogP contribution in [-0.2, 0) is 0 Å². The average Bonchev–Trinajstić information content (AvgIpc) is 2.27. The number of nitrogens with zero attached hydrogens (tertiary/aromatic N) is 1. The minimum absolute atomic E-state index is 0.554. The summed E-state index contributed by atoms with van der Waals surface area (Å²) < 4.78 is 0. The van der Waals surface area contributed by atoms with Crippen LogP contribution in [0.15, 0.2) is 48.6 Å². The molecule has 0 aliphatic carbocycles. The highest BCUT2D eigenvalue weighted by atomic mass is 16.3. The third kappa shape index (κ3) is 2.28. The number of aliphatic hydroxyl groups excluding tert-OH is 1. The van der Waals surface area contributed by atoms with Crippen LogP contribution in [-0.4, -0.2) is 10.1 Å². The summed E-state index contributed by atoms with van der Waals surface area (Å²) in [6.45, 7) is 5.70. The lowest BCUT2D eigenvalue weighted by molar-refractivity contribution is 0.174. The van der Waals surface area contributed by atoms with Gasteiger partial charge in [0.25, 0.3) is 0 Å². The van der Waals surface area contributed by atoms with E-state index in [4.69, 9.17) is 0 Å². The molecular formula is C14H15NO. The smallest absolute Gasteiger partial charge is 0.0996 e. The maximum atomic E-state index is 9.93. The highest BCUT2D eigenvalue weighted by Crippen LogP contribution is 2.20. The molecule has 0 saturated carbocycles. The lowest BCUT2D eigenvalue weighted by atomic mass is 10.1. The Labute approximate surface area is 95.3 Å². The summed E-state index contributed by atoms with van der Waals surface area (Å²) in [6, 6.07) is 11.7. The third-order valence-electron chi connectivity index (χ3n) is 2.50. The van der Waals surface area contributed by atoms with Crippen molar-refractivity contribution in [3.8, 4) is 0 Å². The van der Waals surface area contributed by atoms with Crippen molar-refractivity contribution >= 4 is 10.9 Å². The SMILES string of the molecule is C=C(C)CC(O)c1ccc2ccccc2n1. The predicted molar refractivity (Wildman–Crippen MR) is 66.1 cm³/mol. The molecule has 0 fully saturated rings. The van der Waals surface area contributed by atoms with Crippen LogP contribution >= 0.6 is 0 Å². The minimum Gasteiger partial charge on any atom is -0.386 e. The molecule has 2 nitrogen and oxygen atoms in total. The fourth-order valence-electron chi connectivity index (χ4n) is 1.70. The van der Waals surface area contributed by atoms with Crippen molar-refractivity contribution < 1.29 is 5.11 Å². The van der Waals surface area contributed by atoms with Gasteiger partial charge in [0.1, 0.15) is 0 Å². The molecule has 1 unspecified atom stereocenters. The van der Waals surface area contributed by atoms with E-state index >= 15 is 0 Å². The lowest BCUT2D eigenvalue weighted by Gasteiger charge is -2.10. The first-order valence-corrected chi connectivity index (χ1v) is 5.35. The van der Waals surface area contributed by atoms with Crippen LogP contribution in [0.5, 0.6) is 0 Å². The highest BCUT2D eigenvalue weighted by Gasteiger charge is 2.09. The molecule has 0 spiro atoms. The first-order chi connectivity index (χ1) is 7.66. The zero-order valence-electron chi connectivity index (χ0n) is 9.35. The van der Waals surface area contributed by atoms with Crippen LogP contribution in [0.3, 0.4) is 0 Å². The molecule has 0 saturated heterocycles. The number of para-hydroxylation sites is 1.